The van der Waals surface area contributed by atoms with Gasteiger partial charge in [-0.1, -0.05) is 51.9 Å². The maximum absolute atomic E-state index is 13.0. The van der Waals surface area contributed by atoms with Crippen LogP contribution in [-0.4, -0.2) is 59.8 Å². The molecule has 5 atom stereocenters. The molecule has 3 rings (SSSR count). The van der Waals surface area contributed by atoms with Crippen LogP contribution >= 0.6 is 0 Å². The SMILES string of the molecule is CCCCCCCCC[C@H]1C[C@@H]2CC[C@H]3[C@@H](C(=O)OCCCCN=C(N)N)[C@@H](C)NC(=[N+]23)N1. The molecular formula is C25H47N6O2+. The second kappa shape index (κ2) is 13.0. The summed E-state index contributed by atoms with van der Waals surface area (Å²) in [5.41, 5.74) is 10.7. The Hall–Kier alpha value is -1.99. The van der Waals surface area contributed by atoms with Gasteiger partial charge in [-0.25, -0.2) is 0 Å². The second-order valence-corrected chi connectivity index (χ2v) is 10.2. The molecule has 0 saturated carbocycles. The van der Waals surface area contributed by atoms with Gasteiger partial charge in [0.2, 0.25) is 0 Å². The highest BCUT2D eigenvalue weighted by atomic mass is 16.5. The number of esters is 1. The third kappa shape index (κ3) is 7.24. The zero-order valence-electron chi connectivity index (χ0n) is 20.9. The fourth-order valence-electron chi connectivity index (χ4n) is 5.84. The predicted octanol–water partition coefficient (Wildman–Crippen LogP) is 2.59. The first-order valence-electron chi connectivity index (χ1n) is 13.4. The minimum Gasteiger partial charge on any atom is -0.465 e. The van der Waals surface area contributed by atoms with Crippen molar-refractivity contribution < 1.29 is 14.1 Å². The number of rotatable bonds is 14. The molecule has 3 aliphatic heterocycles. The zero-order chi connectivity index (χ0) is 23.6. The molecule has 33 heavy (non-hydrogen) atoms. The Balaban J connectivity index is 1.45. The predicted molar refractivity (Wildman–Crippen MR) is 133 cm³/mol. The lowest BCUT2D eigenvalue weighted by Crippen LogP contribution is -2.66. The minimum absolute atomic E-state index is 0.0685. The van der Waals surface area contributed by atoms with E-state index in [-0.39, 0.29) is 29.9 Å². The topological polar surface area (TPSA) is 118 Å². The van der Waals surface area contributed by atoms with Gasteiger partial charge in [-0.15, -0.1) is 0 Å². The molecule has 8 heteroatoms. The smallest absolute Gasteiger partial charge is 0.346 e. The number of nitrogens with one attached hydrogen (secondary N) is 2. The first kappa shape index (κ1) is 25.6. The fourth-order valence-corrected chi connectivity index (χ4v) is 5.84. The maximum Gasteiger partial charge on any atom is 0.346 e. The largest absolute Gasteiger partial charge is 0.465 e. The molecule has 188 valence electrons. The highest BCUT2D eigenvalue weighted by molar-refractivity contribution is 5.81. The number of unbranched alkanes of at least 4 members (excludes halogenated alkanes) is 7. The molecule has 0 aromatic rings. The Kier molecular flexibility index (Phi) is 10.1. The van der Waals surface area contributed by atoms with Crippen LogP contribution in [0, 0.1) is 5.92 Å². The summed E-state index contributed by atoms with van der Waals surface area (Å²) in [5.74, 6) is 1.05. The molecule has 0 radical (unpaired) electrons. The van der Waals surface area contributed by atoms with Crippen molar-refractivity contribution in [3.05, 3.63) is 0 Å². The van der Waals surface area contributed by atoms with E-state index in [0.29, 0.717) is 25.2 Å². The van der Waals surface area contributed by atoms with Gasteiger partial charge >= 0.3 is 11.9 Å². The normalized spacial score (nSPS) is 28.0. The molecule has 3 aliphatic rings. The summed E-state index contributed by atoms with van der Waals surface area (Å²) in [5, 5.41) is 7.39. The average Bonchev–Trinajstić information content (AvgIpc) is 3.19. The lowest BCUT2D eigenvalue weighted by atomic mass is 9.89. The van der Waals surface area contributed by atoms with Gasteiger partial charge in [0.25, 0.3) is 0 Å². The van der Waals surface area contributed by atoms with E-state index >= 15 is 0 Å². The van der Waals surface area contributed by atoms with E-state index in [4.69, 9.17) is 16.2 Å². The van der Waals surface area contributed by atoms with E-state index in [1.54, 1.807) is 0 Å². The highest BCUT2D eigenvalue weighted by Gasteiger charge is 2.52. The molecule has 0 unspecified atom stereocenters. The molecule has 0 aromatic heterocycles. The Morgan fingerprint density at radius 2 is 1.82 bits per heavy atom. The average molecular weight is 464 g/mol. The number of ether oxygens (including phenoxy) is 1. The summed E-state index contributed by atoms with van der Waals surface area (Å²) < 4.78 is 8.13. The lowest BCUT2D eigenvalue weighted by Gasteiger charge is -2.38. The number of nitrogens with zero attached hydrogens (tertiary/aromatic N) is 2. The van der Waals surface area contributed by atoms with Crippen LogP contribution in [0.4, 0.5) is 0 Å². The Morgan fingerprint density at radius 3 is 2.58 bits per heavy atom. The van der Waals surface area contributed by atoms with Gasteiger partial charge in [0.05, 0.1) is 30.8 Å². The number of hydrogen-bond acceptors (Lipinski definition) is 5. The van der Waals surface area contributed by atoms with Gasteiger partial charge in [0.1, 0.15) is 5.92 Å². The van der Waals surface area contributed by atoms with Gasteiger partial charge in [0.15, 0.2) is 5.96 Å². The Labute approximate surface area is 200 Å². The van der Waals surface area contributed by atoms with Gasteiger partial charge in [0, 0.05) is 13.0 Å². The van der Waals surface area contributed by atoms with E-state index in [1.165, 1.54) is 64.2 Å². The molecule has 8 nitrogen and oxygen atoms in total. The second-order valence-electron chi connectivity index (χ2n) is 10.2. The van der Waals surface area contributed by atoms with Crippen LogP contribution in [0.2, 0.25) is 0 Å². The number of carbonyl (C=O) groups is 1. The molecule has 1 saturated heterocycles. The summed E-state index contributed by atoms with van der Waals surface area (Å²) in [6, 6.07) is 1.39. The van der Waals surface area contributed by atoms with E-state index in [9.17, 15) is 4.79 Å². The van der Waals surface area contributed by atoms with Crippen LogP contribution in [0.25, 0.3) is 0 Å². The van der Waals surface area contributed by atoms with E-state index < -0.39 is 0 Å². The van der Waals surface area contributed by atoms with Crippen LogP contribution < -0.4 is 22.1 Å². The number of hydrogen-bond donors (Lipinski definition) is 4. The lowest BCUT2D eigenvalue weighted by molar-refractivity contribution is -0.598. The van der Waals surface area contributed by atoms with Crippen molar-refractivity contribution in [2.24, 2.45) is 22.4 Å². The van der Waals surface area contributed by atoms with Crippen molar-refractivity contribution in [3.8, 4) is 0 Å². The van der Waals surface area contributed by atoms with Crippen LogP contribution in [0.15, 0.2) is 4.99 Å². The van der Waals surface area contributed by atoms with Crippen LogP contribution in [0.1, 0.15) is 97.3 Å². The van der Waals surface area contributed by atoms with Crippen LogP contribution in [0.5, 0.6) is 0 Å². The molecule has 0 amide bonds. The van der Waals surface area contributed by atoms with Gasteiger partial charge in [-0.3, -0.25) is 25.0 Å². The third-order valence-corrected chi connectivity index (χ3v) is 7.54. The molecule has 0 aromatic carbocycles. The summed E-state index contributed by atoms with van der Waals surface area (Å²) in [6.45, 7) is 5.38. The third-order valence-electron chi connectivity index (χ3n) is 7.54. The summed E-state index contributed by atoms with van der Waals surface area (Å²) >= 11 is 0. The monoisotopic (exact) mass is 463 g/mol. The zero-order valence-corrected chi connectivity index (χ0v) is 20.9. The van der Waals surface area contributed by atoms with Crippen molar-refractivity contribution in [1.82, 2.24) is 10.6 Å². The molecule has 3 heterocycles. The van der Waals surface area contributed by atoms with Gasteiger partial charge < -0.3 is 16.2 Å². The first-order chi connectivity index (χ1) is 16.0. The van der Waals surface area contributed by atoms with Gasteiger partial charge in [-0.05, 0) is 39.0 Å². The number of aliphatic imine (C=N–C) groups is 1. The van der Waals surface area contributed by atoms with Crippen molar-refractivity contribution in [3.63, 3.8) is 0 Å². The standard InChI is InChI=1S/C25H46N6O2/c1-3-4-5-6-7-8-9-12-19-17-20-13-14-21-22(18(2)29-25(30-19)31(20)21)23(32)33-16-11-10-15-28-24(26)27/h18-22H,3-17H2,1-2H3,(H5,26,27,28,29,30)/p+1/t18-,19+,20+,21+,22+/m1/s1. The van der Waals surface area contributed by atoms with E-state index in [2.05, 4.69) is 34.0 Å². The summed E-state index contributed by atoms with van der Waals surface area (Å²) in [4.78, 5) is 16.9. The molecule has 0 spiro atoms. The van der Waals surface area contributed by atoms with Crippen molar-refractivity contribution in [2.45, 2.75) is 121 Å². The summed E-state index contributed by atoms with van der Waals surface area (Å²) in [7, 11) is 0. The molecule has 0 bridgehead atoms. The first-order valence-corrected chi connectivity index (χ1v) is 13.4. The highest BCUT2D eigenvalue weighted by Crippen LogP contribution is 2.35. The molecular weight excluding hydrogens is 416 g/mol. The molecule has 0 aliphatic carbocycles. The fraction of sp³-hybridized carbons (Fsp3) is 0.880. The van der Waals surface area contributed by atoms with Gasteiger partial charge in [-0.2, -0.15) is 0 Å². The van der Waals surface area contributed by atoms with Crippen molar-refractivity contribution in [2.75, 3.05) is 13.2 Å². The summed E-state index contributed by atoms with van der Waals surface area (Å²) in [6.07, 6.45) is 15.7. The number of guanidine groups is 2. The maximum atomic E-state index is 13.0. The number of carbonyl (C=O) groups excluding carboxylic acids is 1. The van der Waals surface area contributed by atoms with Crippen molar-refractivity contribution in [1.29, 1.82) is 0 Å². The quantitative estimate of drug-likeness (QED) is 0.103. The Morgan fingerprint density at radius 1 is 1.06 bits per heavy atom. The van der Waals surface area contributed by atoms with Crippen LogP contribution in [-0.2, 0) is 9.53 Å². The minimum atomic E-state index is -0.127. The van der Waals surface area contributed by atoms with E-state index in [1.807, 2.05) is 0 Å². The number of nitrogens with two attached hydrogens (primary N) is 2. The molecule has 6 N–H and O–H groups in total. The Bertz CT molecular complexity index is 690. The van der Waals surface area contributed by atoms with Crippen LogP contribution in [0.3, 0.4) is 0 Å². The van der Waals surface area contributed by atoms with E-state index in [0.717, 1.165) is 25.2 Å². The molecule has 1 fully saturated rings. The van der Waals surface area contributed by atoms with Crippen molar-refractivity contribution >= 4 is 17.9 Å².